The van der Waals surface area contributed by atoms with Crippen molar-refractivity contribution in [1.29, 1.82) is 0 Å². The van der Waals surface area contributed by atoms with E-state index in [1.807, 2.05) is 47.0 Å². The van der Waals surface area contributed by atoms with Gasteiger partial charge in [-0.3, -0.25) is 4.57 Å². The van der Waals surface area contributed by atoms with E-state index in [2.05, 4.69) is 27.6 Å². The summed E-state index contributed by atoms with van der Waals surface area (Å²) in [6.07, 6.45) is 0. The predicted octanol–water partition coefficient (Wildman–Crippen LogP) is 3.87. The summed E-state index contributed by atoms with van der Waals surface area (Å²) in [6, 6.07) is 13.7. The molecule has 2 N–H and O–H groups in total. The average Bonchev–Trinajstić information content (AvgIpc) is 2.66. The van der Waals surface area contributed by atoms with Crippen molar-refractivity contribution in [3.8, 4) is 5.69 Å². The molecular weight excluding hydrogens is 361 g/mol. The van der Waals surface area contributed by atoms with Gasteiger partial charge in [-0.2, -0.15) is 0 Å². The molecule has 1 heterocycles. The molecule has 0 unspecified atom stereocenters. The summed E-state index contributed by atoms with van der Waals surface area (Å²) in [5, 5.41) is 0.664. The molecule has 3 aromatic rings. The van der Waals surface area contributed by atoms with Crippen molar-refractivity contribution in [3.63, 3.8) is 0 Å². The minimum absolute atomic E-state index is 0.444. The van der Waals surface area contributed by atoms with Crippen LogP contribution in [-0.2, 0) is 0 Å². The highest BCUT2D eigenvalue weighted by Crippen LogP contribution is 2.28. The van der Waals surface area contributed by atoms with Gasteiger partial charge < -0.3 is 5.73 Å². The number of halogens is 2. The number of fused-ring (bicyclic) bond motifs is 1. The first kappa shape index (κ1) is 11.8. The monoisotopic (exact) mass is 369 g/mol. The van der Waals surface area contributed by atoms with Gasteiger partial charge in [0.05, 0.1) is 21.7 Å². The van der Waals surface area contributed by atoms with Crippen LogP contribution in [0.5, 0.6) is 0 Å². The van der Waals surface area contributed by atoms with E-state index in [4.69, 9.17) is 17.3 Å². The van der Waals surface area contributed by atoms with Gasteiger partial charge in [0.1, 0.15) is 0 Å². The van der Waals surface area contributed by atoms with E-state index < -0.39 is 0 Å². The number of nitrogen functional groups attached to an aromatic ring is 1. The van der Waals surface area contributed by atoms with Gasteiger partial charge >= 0.3 is 0 Å². The number of hydrogen-bond acceptors (Lipinski definition) is 2. The minimum Gasteiger partial charge on any atom is -0.369 e. The molecule has 0 aliphatic heterocycles. The lowest BCUT2D eigenvalue weighted by Crippen LogP contribution is -2.01. The smallest absolute Gasteiger partial charge is 0.205 e. The van der Waals surface area contributed by atoms with Crippen LogP contribution in [0.1, 0.15) is 0 Å². The summed E-state index contributed by atoms with van der Waals surface area (Å²) in [7, 11) is 0. The SMILES string of the molecule is Nc1nc2ccccc2n1-c1ccc(I)cc1Cl. The van der Waals surface area contributed by atoms with Crippen molar-refractivity contribution >= 4 is 51.2 Å². The van der Waals surface area contributed by atoms with Crippen LogP contribution in [0.15, 0.2) is 42.5 Å². The minimum atomic E-state index is 0.444. The Kier molecular flexibility index (Phi) is 2.91. The molecule has 3 nitrogen and oxygen atoms in total. The van der Waals surface area contributed by atoms with E-state index in [0.717, 1.165) is 20.3 Å². The third kappa shape index (κ3) is 1.85. The molecular formula is C13H9ClIN3. The molecule has 0 saturated heterocycles. The quantitative estimate of drug-likeness (QED) is 0.662. The fourth-order valence-electron chi connectivity index (χ4n) is 1.96. The summed E-state index contributed by atoms with van der Waals surface area (Å²) in [5.74, 6) is 0.444. The molecule has 0 aliphatic rings. The molecule has 0 saturated carbocycles. The lowest BCUT2D eigenvalue weighted by Gasteiger charge is -2.08. The van der Waals surface area contributed by atoms with Crippen molar-refractivity contribution in [2.75, 3.05) is 5.73 Å². The van der Waals surface area contributed by atoms with E-state index in [1.165, 1.54) is 0 Å². The van der Waals surface area contributed by atoms with Gasteiger partial charge in [0.25, 0.3) is 0 Å². The number of anilines is 1. The lowest BCUT2D eigenvalue weighted by molar-refractivity contribution is 1.11. The largest absolute Gasteiger partial charge is 0.369 e. The maximum Gasteiger partial charge on any atom is 0.205 e. The summed E-state index contributed by atoms with van der Waals surface area (Å²) in [4.78, 5) is 4.33. The van der Waals surface area contributed by atoms with Crippen LogP contribution in [0.25, 0.3) is 16.7 Å². The van der Waals surface area contributed by atoms with Crippen LogP contribution in [0, 0.1) is 3.57 Å². The Labute approximate surface area is 123 Å². The maximum atomic E-state index is 6.28. The van der Waals surface area contributed by atoms with Crippen molar-refractivity contribution in [2.45, 2.75) is 0 Å². The molecule has 90 valence electrons. The predicted molar refractivity (Wildman–Crippen MR) is 83.2 cm³/mol. The van der Waals surface area contributed by atoms with Gasteiger partial charge in [-0.1, -0.05) is 23.7 Å². The number of hydrogen-bond donors (Lipinski definition) is 1. The molecule has 0 amide bonds. The Hall–Kier alpha value is -1.27. The molecule has 18 heavy (non-hydrogen) atoms. The first-order chi connectivity index (χ1) is 8.66. The summed E-state index contributed by atoms with van der Waals surface area (Å²) in [6.45, 7) is 0. The van der Waals surface area contributed by atoms with E-state index >= 15 is 0 Å². The summed E-state index contributed by atoms with van der Waals surface area (Å²) in [5.41, 5.74) is 8.66. The second-order valence-corrected chi connectivity index (χ2v) is 5.54. The molecule has 0 atom stereocenters. The van der Waals surface area contributed by atoms with Crippen LogP contribution in [0.4, 0.5) is 5.95 Å². The van der Waals surface area contributed by atoms with Crippen molar-refractivity contribution in [1.82, 2.24) is 9.55 Å². The maximum absolute atomic E-state index is 6.28. The van der Waals surface area contributed by atoms with E-state index in [-0.39, 0.29) is 0 Å². The zero-order valence-electron chi connectivity index (χ0n) is 9.27. The van der Waals surface area contributed by atoms with Gasteiger partial charge in [-0.25, -0.2) is 4.98 Å². The van der Waals surface area contributed by atoms with E-state index in [0.29, 0.717) is 11.0 Å². The molecule has 0 fully saturated rings. The zero-order valence-corrected chi connectivity index (χ0v) is 12.2. The number of imidazole rings is 1. The highest BCUT2D eigenvalue weighted by molar-refractivity contribution is 14.1. The molecule has 0 radical (unpaired) electrons. The highest BCUT2D eigenvalue weighted by Gasteiger charge is 2.12. The van der Waals surface area contributed by atoms with Gasteiger partial charge in [-0.05, 0) is 52.9 Å². The van der Waals surface area contributed by atoms with Gasteiger partial charge in [-0.15, -0.1) is 0 Å². The molecule has 0 bridgehead atoms. The number of para-hydroxylation sites is 2. The van der Waals surface area contributed by atoms with Crippen LogP contribution >= 0.6 is 34.2 Å². The van der Waals surface area contributed by atoms with E-state index in [9.17, 15) is 0 Å². The molecule has 5 heteroatoms. The second-order valence-electron chi connectivity index (χ2n) is 3.89. The number of aromatic nitrogens is 2. The van der Waals surface area contributed by atoms with Crippen molar-refractivity contribution in [2.24, 2.45) is 0 Å². The normalized spacial score (nSPS) is 11.0. The van der Waals surface area contributed by atoms with E-state index in [1.54, 1.807) is 0 Å². The molecule has 3 rings (SSSR count). The first-order valence-electron chi connectivity index (χ1n) is 5.35. The van der Waals surface area contributed by atoms with Crippen LogP contribution in [0.3, 0.4) is 0 Å². The Bertz CT molecular complexity index is 736. The Balaban J connectivity index is 2.34. The second kappa shape index (κ2) is 4.44. The third-order valence-electron chi connectivity index (χ3n) is 2.74. The fraction of sp³-hybridized carbons (Fsp3) is 0. The number of nitrogens with zero attached hydrogens (tertiary/aromatic N) is 2. The number of nitrogens with two attached hydrogens (primary N) is 1. The van der Waals surface area contributed by atoms with Gasteiger partial charge in [0.15, 0.2) is 0 Å². The zero-order chi connectivity index (χ0) is 12.7. The van der Waals surface area contributed by atoms with Gasteiger partial charge in [0, 0.05) is 3.57 Å². The fourth-order valence-corrected chi connectivity index (χ4v) is 2.90. The molecule has 2 aromatic carbocycles. The van der Waals surface area contributed by atoms with Gasteiger partial charge in [0.2, 0.25) is 5.95 Å². The average molecular weight is 370 g/mol. The first-order valence-corrected chi connectivity index (χ1v) is 6.81. The highest BCUT2D eigenvalue weighted by atomic mass is 127. The number of benzene rings is 2. The topological polar surface area (TPSA) is 43.8 Å². The standard InChI is InChI=1S/C13H9ClIN3/c14-9-7-8(15)5-6-11(9)18-12-4-2-1-3-10(12)17-13(18)16/h1-7H,(H2,16,17). The van der Waals surface area contributed by atoms with Crippen LogP contribution in [0.2, 0.25) is 5.02 Å². The lowest BCUT2D eigenvalue weighted by atomic mass is 10.3. The molecule has 0 aliphatic carbocycles. The Morgan fingerprint density at radius 3 is 2.72 bits per heavy atom. The Morgan fingerprint density at radius 2 is 1.94 bits per heavy atom. The van der Waals surface area contributed by atoms with Crippen LogP contribution in [-0.4, -0.2) is 9.55 Å². The summed E-state index contributed by atoms with van der Waals surface area (Å²) >= 11 is 8.51. The Morgan fingerprint density at radius 1 is 1.17 bits per heavy atom. The van der Waals surface area contributed by atoms with Crippen molar-refractivity contribution < 1.29 is 0 Å². The third-order valence-corrected chi connectivity index (χ3v) is 3.71. The summed E-state index contributed by atoms with van der Waals surface area (Å²) < 4.78 is 2.96. The molecule has 0 spiro atoms. The molecule has 1 aromatic heterocycles. The number of rotatable bonds is 1. The van der Waals surface area contributed by atoms with Crippen LogP contribution < -0.4 is 5.73 Å². The van der Waals surface area contributed by atoms with Crippen molar-refractivity contribution in [3.05, 3.63) is 51.1 Å².